The molecular formula is C17H25IN6. The molecule has 0 aliphatic heterocycles. The fraction of sp³-hybridized carbons (Fsp3) is 0.471. The average molecular weight is 440 g/mol. The zero-order valence-electron chi connectivity index (χ0n) is 14.0. The summed E-state index contributed by atoms with van der Waals surface area (Å²) in [6, 6.07) is 4.62. The van der Waals surface area contributed by atoms with Gasteiger partial charge in [0.15, 0.2) is 5.96 Å². The van der Waals surface area contributed by atoms with E-state index < -0.39 is 0 Å². The van der Waals surface area contributed by atoms with Crippen LogP contribution in [0, 0.1) is 0 Å². The minimum absolute atomic E-state index is 0. The second kappa shape index (κ2) is 9.61. The lowest BCUT2D eigenvalue weighted by atomic mass is 9.96. The monoisotopic (exact) mass is 440 g/mol. The number of nitrogens with one attached hydrogen (secondary N) is 2. The van der Waals surface area contributed by atoms with E-state index >= 15 is 0 Å². The molecular weight excluding hydrogens is 415 g/mol. The van der Waals surface area contributed by atoms with Gasteiger partial charge in [-0.05, 0) is 30.5 Å². The van der Waals surface area contributed by atoms with E-state index in [0.29, 0.717) is 6.04 Å². The maximum atomic E-state index is 4.37. The molecule has 0 saturated heterocycles. The van der Waals surface area contributed by atoms with Gasteiger partial charge in [0.1, 0.15) is 12.1 Å². The largest absolute Gasteiger partial charge is 0.354 e. The minimum atomic E-state index is 0. The number of hydrogen-bond acceptors (Lipinski definition) is 3. The van der Waals surface area contributed by atoms with Crippen LogP contribution in [0.2, 0.25) is 0 Å². The number of rotatable bonds is 4. The smallest absolute Gasteiger partial charge is 0.191 e. The number of nitrogens with zero attached hydrogens (tertiary/aromatic N) is 4. The third kappa shape index (κ3) is 5.19. The van der Waals surface area contributed by atoms with Gasteiger partial charge in [0.05, 0.1) is 0 Å². The van der Waals surface area contributed by atoms with Gasteiger partial charge in [-0.15, -0.1) is 24.0 Å². The lowest BCUT2D eigenvalue weighted by molar-refractivity contribution is 0.410. The molecule has 1 aliphatic carbocycles. The van der Waals surface area contributed by atoms with E-state index in [1.165, 1.54) is 32.1 Å². The van der Waals surface area contributed by atoms with Gasteiger partial charge < -0.3 is 10.6 Å². The Bertz CT molecular complexity index is 634. The number of aliphatic imine (C=N–C) groups is 1. The van der Waals surface area contributed by atoms with Crippen molar-refractivity contribution in [3.63, 3.8) is 0 Å². The van der Waals surface area contributed by atoms with Crippen molar-refractivity contribution >= 4 is 29.9 Å². The third-order valence-corrected chi connectivity index (χ3v) is 4.21. The average Bonchev–Trinajstić information content (AvgIpc) is 3.14. The molecule has 2 N–H and O–H groups in total. The van der Waals surface area contributed by atoms with E-state index in [1.807, 2.05) is 30.1 Å². The highest BCUT2D eigenvalue weighted by Gasteiger charge is 2.14. The van der Waals surface area contributed by atoms with Gasteiger partial charge in [0.2, 0.25) is 0 Å². The molecule has 1 aliphatic rings. The molecule has 0 aromatic carbocycles. The summed E-state index contributed by atoms with van der Waals surface area (Å²) >= 11 is 0. The summed E-state index contributed by atoms with van der Waals surface area (Å²) < 4.78 is 1.90. The first kappa shape index (κ1) is 18.7. The zero-order valence-corrected chi connectivity index (χ0v) is 16.3. The first-order chi connectivity index (χ1) is 11.3. The molecule has 0 radical (unpaired) electrons. The molecule has 0 atom stereocenters. The van der Waals surface area contributed by atoms with Crippen LogP contribution in [-0.4, -0.2) is 33.6 Å². The zero-order chi connectivity index (χ0) is 15.9. The van der Waals surface area contributed by atoms with E-state index in [4.69, 9.17) is 0 Å². The Morgan fingerprint density at radius 2 is 2.12 bits per heavy atom. The highest BCUT2D eigenvalue weighted by Crippen LogP contribution is 2.17. The summed E-state index contributed by atoms with van der Waals surface area (Å²) in [5.74, 6) is 1.75. The Balaban J connectivity index is 0.00000208. The maximum Gasteiger partial charge on any atom is 0.191 e. The summed E-state index contributed by atoms with van der Waals surface area (Å²) in [5, 5.41) is 6.92. The number of aromatic nitrogens is 3. The molecule has 2 aromatic heterocycles. The number of imidazole rings is 1. The van der Waals surface area contributed by atoms with Crippen molar-refractivity contribution in [1.82, 2.24) is 25.2 Å². The van der Waals surface area contributed by atoms with Crippen LogP contribution in [0.5, 0.6) is 0 Å². The van der Waals surface area contributed by atoms with E-state index in [9.17, 15) is 0 Å². The molecule has 130 valence electrons. The van der Waals surface area contributed by atoms with Crippen molar-refractivity contribution in [1.29, 1.82) is 0 Å². The van der Waals surface area contributed by atoms with Crippen LogP contribution in [-0.2, 0) is 6.54 Å². The van der Waals surface area contributed by atoms with Gasteiger partial charge >= 0.3 is 0 Å². The first-order valence-electron chi connectivity index (χ1n) is 8.25. The van der Waals surface area contributed by atoms with E-state index in [1.54, 1.807) is 12.5 Å². The Kier molecular flexibility index (Phi) is 7.48. The highest BCUT2D eigenvalue weighted by molar-refractivity contribution is 14.0. The molecule has 2 aromatic rings. The van der Waals surface area contributed by atoms with Crippen molar-refractivity contribution < 1.29 is 0 Å². The summed E-state index contributed by atoms with van der Waals surface area (Å²) in [5.41, 5.74) is 1.16. The molecule has 2 heterocycles. The molecule has 24 heavy (non-hydrogen) atoms. The Morgan fingerprint density at radius 3 is 2.83 bits per heavy atom. The Morgan fingerprint density at radius 1 is 1.29 bits per heavy atom. The van der Waals surface area contributed by atoms with Gasteiger partial charge in [-0.2, -0.15) is 0 Å². The predicted molar refractivity (Wildman–Crippen MR) is 107 cm³/mol. The van der Waals surface area contributed by atoms with Crippen molar-refractivity contribution in [2.24, 2.45) is 4.99 Å². The van der Waals surface area contributed by atoms with Gasteiger partial charge in [0, 0.05) is 38.2 Å². The standard InChI is InChI=1S/C17H24N6.HI/c1-18-17(22-15-5-3-2-4-6-15)21-12-14-7-8-20-16(11-14)23-10-9-19-13-23;/h7-11,13,15H,2-6,12H2,1H3,(H2,18,21,22);1H. The maximum absolute atomic E-state index is 4.37. The van der Waals surface area contributed by atoms with Crippen LogP contribution in [0.15, 0.2) is 42.0 Å². The van der Waals surface area contributed by atoms with E-state index in [2.05, 4.69) is 31.7 Å². The van der Waals surface area contributed by atoms with E-state index in [-0.39, 0.29) is 24.0 Å². The quantitative estimate of drug-likeness (QED) is 0.436. The van der Waals surface area contributed by atoms with Crippen LogP contribution < -0.4 is 10.6 Å². The molecule has 0 amide bonds. The van der Waals surface area contributed by atoms with Gasteiger partial charge in [-0.1, -0.05) is 19.3 Å². The first-order valence-corrected chi connectivity index (χ1v) is 8.25. The fourth-order valence-electron chi connectivity index (χ4n) is 2.93. The summed E-state index contributed by atoms with van der Waals surface area (Å²) in [6.07, 6.45) is 13.7. The molecule has 1 fully saturated rings. The van der Waals surface area contributed by atoms with Gasteiger partial charge in [0.25, 0.3) is 0 Å². The highest BCUT2D eigenvalue weighted by atomic mass is 127. The summed E-state index contributed by atoms with van der Waals surface area (Å²) in [7, 11) is 1.82. The molecule has 7 heteroatoms. The SMILES string of the molecule is CN=C(NCc1ccnc(-n2ccnc2)c1)NC1CCCCC1.I. The van der Waals surface area contributed by atoms with Crippen LogP contribution in [0.25, 0.3) is 5.82 Å². The molecule has 0 bridgehead atoms. The lowest BCUT2D eigenvalue weighted by Crippen LogP contribution is -2.43. The second-order valence-electron chi connectivity index (χ2n) is 5.90. The summed E-state index contributed by atoms with van der Waals surface area (Å²) in [4.78, 5) is 12.8. The predicted octanol–water partition coefficient (Wildman–Crippen LogP) is 2.88. The number of hydrogen-bond donors (Lipinski definition) is 2. The van der Waals surface area contributed by atoms with Crippen molar-refractivity contribution in [3.8, 4) is 5.82 Å². The fourth-order valence-corrected chi connectivity index (χ4v) is 2.93. The van der Waals surface area contributed by atoms with Crippen molar-refractivity contribution in [2.45, 2.75) is 44.7 Å². The molecule has 6 nitrogen and oxygen atoms in total. The molecule has 0 spiro atoms. The van der Waals surface area contributed by atoms with Crippen LogP contribution in [0.3, 0.4) is 0 Å². The molecule has 3 rings (SSSR count). The number of guanidine groups is 1. The minimum Gasteiger partial charge on any atom is -0.354 e. The second-order valence-corrected chi connectivity index (χ2v) is 5.90. The Labute approximate surface area is 160 Å². The normalized spacial score (nSPS) is 15.6. The lowest BCUT2D eigenvalue weighted by Gasteiger charge is -2.24. The van der Waals surface area contributed by atoms with Gasteiger partial charge in [-0.3, -0.25) is 9.56 Å². The topological polar surface area (TPSA) is 67.1 Å². The third-order valence-electron chi connectivity index (χ3n) is 4.21. The Hall–Kier alpha value is -1.64. The van der Waals surface area contributed by atoms with Crippen LogP contribution >= 0.6 is 24.0 Å². The number of pyridine rings is 1. The number of halogens is 1. The molecule has 0 unspecified atom stereocenters. The van der Waals surface area contributed by atoms with Crippen LogP contribution in [0.1, 0.15) is 37.7 Å². The van der Waals surface area contributed by atoms with Crippen molar-refractivity contribution in [3.05, 3.63) is 42.6 Å². The summed E-state index contributed by atoms with van der Waals surface area (Å²) in [6.45, 7) is 0.719. The molecule has 1 saturated carbocycles. The van der Waals surface area contributed by atoms with Crippen molar-refractivity contribution in [2.75, 3.05) is 7.05 Å². The van der Waals surface area contributed by atoms with Crippen LogP contribution in [0.4, 0.5) is 0 Å². The van der Waals surface area contributed by atoms with E-state index in [0.717, 1.165) is 23.9 Å². The van der Waals surface area contributed by atoms with Gasteiger partial charge in [-0.25, -0.2) is 9.97 Å².